The summed E-state index contributed by atoms with van der Waals surface area (Å²) in [6, 6.07) is -5.52. The zero-order valence-electron chi connectivity index (χ0n) is 40.4. The third-order valence-corrected chi connectivity index (χ3v) is 12.7. The molecule has 0 saturated carbocycles. The summed E-state index contributed by atoms with van der Waals surface area (Å²) in [5.41, 5.74) is 11.2. The molecule has 1 unspecified atom stereocenters. The molecule has 77 heavy (non-hydrogen) atoms. The number of carbonyl (C=O) groups is 12. The number of carboxylic acid groups (broad SMARTS) is 5. The van der Waals surface area contributed by atoms with Crippen LogP contribution >= 0.6 is 21.6 Å². The molecule has 2 aromatic heterocycles. The van der Waals surface area contributed by atoms with E-state index in [1.165, 1.54) is 30.5 Å². The maximum Gasteiger partial charge on any atom is 0.326 e. The molecule has 0 fully saturated rings. The normalized spacial score (nSPS) is 13.2. The zero-order valence-corrected chi connectivity index (χ0v) is 42.0. The van der Waals surface area contributed by atoms with Crippen LogP contribution in [0.25, 0.3) is 11.2 Å². The predicted octanol–water partition coefficient (Wildman–Crippen LogP) is -3.51. The first-order valence-corrected chi connectivity index (χ1v) is 25.3. The predicted molar refractivity (Wildman–Crippen MR) is 268 cm³/mol. The average Bonchev–Trinajstić information content (AvgIpc) is 3.36. The summed E-state index contributed by atoms with van der Waals surface area (Å²) < 4.78 is 4.59. The van der Waals surface area contributed by atoms with E-state index in [2.05, 4.69) is 45.9 Å². The quantitative estimate of drug-likeness (QED) is 0.0152. The Hall–Kier alpha value is -8.66. The van der Waals surface area contributed by atoms with Gasteiger partial charge in [0, 0.05) is 29.2 Å². The number of benzene rings is 1. The SMILES string of the molecule is NCCCCC(NC(=O)[C@H](CSSCCOC=O)NC(=O)[C@H](CC(=O)O)NC(=O)[C@H](CC(=O)O)NC(=O)[C@H](CC(=O)O)NC(=O)CC[C@H](NC(=O)c1ccc(NCc2cnc3nc(N)[nH]c(=O)c3n2)cc1)C(=O)O)C(=O)O. The second-order valence-corrected chi connectivity index (χ2v) is 18.8. The molecule has 0 spiro atoms. The number of aromatic amines is 1. The molecule has 1 aromatic carbocycles. The van der Waals surface area contributed by atoms with Crippen molar-refractivity contribution in [1.82, 2.24) is 51.8 Å². The van der Waals surface area contributed by atoms with Gasteiger partial charge in [0.2, 0.25) is 35.5 Å². The number of amides is 6. The van der Waals surface area contributed by atoms with Gasteiger partial charge < -0.3 is 79.0 Å². The Morgan fingerprint density at radius 2 is 1.21 bits per heavy atom. The van der Waals surface area contributed by atoms with Crippen LogP contribution in [0.4, 0.5) is 11.6 Å². The maximum absolute atomic E-state index is 13.6. The number of hydrogen-bond donors (Lipinski definition) is 15. The minimum atomic E-state index is -2.19. The van der Waals surface area contributed by atoms with Gasteiger partial charge in [-0.05, 0) is 56.5 Å². The fraction of sp³-hybridized carbons (Fsp3) is 0.442. The van der Waals surface area contributed by atoms with Crippen molar-refractivity contribution < 1.29 is 87.8 Å². The fourth-order valence-electron chi connectivity index (χ4n) is 6.51. The summed E-state index contributed by atoms with van der Waals surface area (Å²) >= 11 is 0. The van der Waals surface area contributed by atoms with Crippen molar-refractivity contribution in [3.63, 3.8) is 0 Å². The van der Waals surface area contributed by atoms with Gasteiger partial charge in [0.25, 0.3) is 17.9 Å². The number of ether oxygens (including phenoxy) is 1. The molecule has 418 valence electrons. The summed E-state index contributed by atoms with van der Waals surface area (Å²) in [5, 5.41) is 64.0. The van der Waals surface area contributed by atoms with Crippen LogP contribution in [0, 0.1) is 0 Å². The summed E-state index contributed by atoms with van der Waals surface area (Å²) in [4.78, 5) is 177. The number of rotatable bonds is 36. The smallest absolute Gasteiger partial charge is 0.326 e. The van der Waals surface area contributed by atoms with E-state index in [1.54, 1.807) is 0 Å². The highest BCUT2D eigenvalue weighted by Crippen LogP contribution is 2.22. The van der Waals surface area contributed by atoms with E-state index in [0.29, 0.717) is 24.2 Å². The van der Waals surface area contributed by atoms with Crippen LogP contribution < -0.4 is 54.2 Å². The lowest BCUT2D eigenvalue weighted by Crippen LogP contribution is -2.60. The highest BCUT2D eigenvalue weighted by molar-refractivity contribution is 8.76. The number of anilines is 2. The lowest BCUT2D eigenvalue weighted by molar-refractivity contribution is -0.144. The van der Waals surface area contributed by atoms with Gasteiger partial charge in [-0.2, -0.15) is 4.98 Å². The van der Waals surface area contributed by atoms with Gasteiger partial charge in [-0.25, -0.2) is 19.6 Å². The van der Waals surface area contributed by atoms with E-state index in [9.17, 15) is 87.9 Å². The van der Waals surface area contributed by atoms with Crippen molar-refractivity contribution in [2.45, 2.75) is 94.2 Å². The molecular formula is C43H55N13O19S2. The van der Waals surface area contributed by atoms with Crippen LogP contribution in [0.5, 0.6) is 0 Å². The van der Waals surface area contributed by atoms with Crippen LogP contribution in [0.1, 0.15) is 67.4 Å². The van der Waals surface area contributed by atoms with E-state index < -0.39 is 139 Å². The summed E-state index contributed by atoms with van der Waals surface area (Å²) in [6.07, 6.45) is -3.02. The minimum Gasteiger partial charge on any atom is -0.481 e. The van der Waals surface area contributed by atoms with Gasteiger partial charge in [-0.15, -0.1) is 0 Å². The Morgan fingerprint density at radius 3 is 1.75 bits per heavy atom. The maximum atomic E-state index is 13.6. The van der Waals surface area contributed by atoms with Crippen molar-refractivity contribution in [3.05, 3.63) is 52.1 Å². The number of aliphatic carboxylic acids is 5. The van der Waals surface area contributed by atoms with Gasteiger partial charge in [0.05, 0.1) is 37.7 Å². The second kappa shape index (κ2) is 31.9. The number of nitrogens with zero attached hydrogens (tertiary/aromatic N) is 3. The number of nitrogens with one attached hydrogen (secondary N) is 8. The molecule has 3 rings (SSSR count). The third-order valence-electron chi connectivity index (χ3n) is 10.3. The van der Waals surface area contributed by atoms with Crippen molar-refractivity contribution >= 4 is 116 Å². The number of carboxylic acids is 5. The molecule has 0 aliphatic carbocycles. The second-order valence-electron chi connectivity index (χ2n) is 16.2. The molecule has 0 saturated heterocycles. The highest BCUT2D eigenvalue weighted by Gasteiger charge is 2.35. The Morgan fingerprint density at radius 1 is 0.675 bits per heavy atom. The Balaban J connectivity index is 1.68. The summed E-state index contributed by atoms with van der Waals surface area (Å²) in [7, 11) is 2.02. The monoisotopic (exact) mass is 1120 g/mol. The van der Waals surface area contributed by atoms with E-state index >= 15 is 0 Å². The standard InChI is InChI=1S/C43H55N13O19S2/c44-10-2-1-3-23(41(71)72)51-39(69)28(18-77-76-12-11-75-19-57)54-38(68)27(15-32(63)64)53-37(67)26(14-31(61)62)52-36(66)25(13-30(59)60)49-29(58)9-8-24(42(73)74)50-35(65)20-4-6-21(7-5-20)46-16-22-17-47-34-33(48-22)40(70)56-43(45)55-34/h4-7,17,19,23-28,46H,1-3,8-16,18,44H2,(H,49,58)(H,50,65)(H,51,69)(H,52,66)(H,53,67)(H,54,68)(H,59,60)(H,61,62)(H,63,64)(H,71,72)(H,73,74)(H3,45,47,55,56,70)/t23?,24-,25-,26-,27-,28-/m0/s1. The first kappa shape index (κ1) is 62.6. The molecule has 3 aromatic rings. The first-order chi connectivity index (χ1) is 36.5. The van der Waals surface area contributed by atoms with Crippen molar-refractivity contribution in [2.24, 2.45) is 5.73 Å². The van der Waals surface area contributed by atoms with Crippen LogP contribution in [0.2, 0.25) is 0 Å². The summed E-state index contributed by atoms with van der Waals surface area (Å²) in [5.74, 6) is -15.8. The van der Waals surface area contributed by atoms with Gasteiger partial charge in [0.1, 0.15) is 42.9 Å². The molecule has 0 aliphatic heterocycles. The number of nitrogen functional groups attached to an aromatic ring is 1. The van der Waals surface area contributed by atoms with E-state index in [1.807, 2.05) is 16.0 Å². The van der Waals surface area contributed by atoms with Crippen LogP contribution in [-0.4, -0.2) is 178 Å². The van der Waals surface area contributed by atoms with Gasteiger partial charge in [-0.3, -0.25) is 57.7 Å². The molecule has 2 heterocycles. The van der Waals surface area contributed by atoms with E-state index in [4.69, 9.17) is 11.5 Å². The fourth-order valence-corrected chi connectivity index (χ4v) is 8.51. The van der Waals surface area contributed by atoms with Crippen LogP contribution in [0.3, 0.4) is 0 Å². The highest BCUT2D eigenvalue weighted by atomic mass is 33.1. The first-order valence-electron chi connectivity index (χ1n) is 22.8. The van der Waals surface area contributed by atoms with Crippen LogP contribution in [0.15, 0.2) is 35.3 Å². The molecule has 6 atom stereocenters. The van der Waals surface area contributed by atoms with Crippen LogP contribution in [-0.2, 0) is 64.0 Å². The van der Waals surface area contributed by atoms with Gasteiger partial charge >= 0.3 is 29.8 Å². The molecule has 0 aliphatic rings. The molecule has 0 bridgehead atoms. The molecule has 0 radical (unpaired) electrons. The lowest BCUT2D eigenvalue weighted by atomic mass is 10.1. The Kier molecular flexibility index (Phi) is 26.0. The molecule has 6 amide bonds. The van der Waals surface area contributed by atoms with E-state index in [0.717, 1.165) is 21.6 Å². The molecule has 34 heteroatoms. The Labute approximate surface area is 442 Å². The molecular weight excluding hydrogens is 1070 g/mol. The topological polar surface area (TPSA) is 523 Å². The molecule has 17 N–H and O–H groups in total. The van der Waals surface area contributed by atoms with E-state index in [-0.39, 0.29) is 66.8 Å². The minimum absolute atomic E-state index is 0.0169. The molecule has 32 nitrogen and oxygen atoms in total. The van der Waals surface area contributed by atoms with Crippen molar-refractivity contribution in [3.8, 4) is 0 Å². The number of nitrogens with two attached hydrogens (primary N) is 2. The number of H-pyrrole nitrogens is 1. The third kappa shape index (κ3) is 22.4. The van der Waals surface area contributed by atoms with Gasteiger partial charge in [-0.1, -0.05) is 21.6 Å². The average molecular weight is 1120 g/mol. The largest absolute Gasteiger partial charge is 0.481 e. The van der Waals surface area contributed by atoms with Crippen molar-refractivity contribution in [1.29, 1.82) is 0 Å². The number of fused-ring (bicyclic) bond motifs is 1. The summed E-state index contributed by atoms with van der Waals surface area (Å²) in [6.45, 7) is 0.459. The zero-order chi connectivity index (χ0) is 57.2. The number of carbonyl (C=O) groups excluding carboxylic acids is 7. The van der Waals surface area contributed by atoms with Crippen molar-refractivity contribution in [2.75, 3.05) is 35.7 Å². The lowest BCUT2D eigenvalue weighted by Gasteiger charge is -2.26. The Bertz CT molecular complexity index is 2700. The number of unbranched alkanes of at least 4 members (excludes halogenated alkanes) is 1. The number of hydrogen-bond acceptors (Lipinski definition) is 22. The van der Waals surface area contributed by atoms with Gasteiger partial charge in [0.15, 0.2) is 11.2 Å². The number of aromatic nitrogens is 4.